The second-order valence-electron chi connectivity index (χ2n) is 8.10. The molecule has 0 saturated carbocycles. The number of rotatable bonds is 7. The number of halogens is 3. The average molecular weight is 575 g/mol. The molecule has 1 N–H and O–H groups in total. The maximum absolute atomic E-state index is 13.6. The van der Waals surface area contributed by atoms with Gasteiger partial charge in [-0.2, -0.15) is 18.2 Å². The highest BCUT2D eigenvalue weighted by molar-refractivity contribution is 7.91. The molecule has 1 aromatic carbocycles. The number of benzene rings is 1. The third kappa shape index (κ3) is 6.19. The van der Waals surface area contributed by atoms with Crippen molar-refractivity contribution in [3.63, 3.8) is 0 Å². The van der Waals surface area contributed by atoms with Crippen molar-refractivity contribution in [2.75, 3.05) is 24.9 Å². The summed E-state index contributed by atoms with van der Waals surface area (Å²) in [6, 6.07) is 6.23. The molecule has 0 bridgehead atoms. The molecular weight excluding hydrogens is 553 g/mol. The Kier molecular flexibility index (Phi) is 7.70. The van der Waals surface area contributed by atoms with Crippen LogP contribution in [0, 0.1) is 13.8 Å². The standard InChI is InChI=1S/C22H21F3N4O7S2/c1-11-9-15(38(5,33)34)27-21(35-3)17(11)36-20-16(12(2)18(28-29-20)22(23,24)25)19(30)26-13-7-6-8-14(10-13)37(4,31)32/h6-10H,1-5H3,(H,26,30). The summed E-state index contributed by atoms with van der Waals surface area (Å²) in [6.07, 6.45) is -3.10. The lowest BCUT2D eigenvalue weighted by atomic mass is 10.1. The number of amides is 1. The van der Waals surface area contributed by atoms with Gasteiger partial charge in [0.15, 0.2) is 36.1 Å². The number of nitrogens with zero attached hydrogens (tertiary/aromatic N) is 3. The fourth-order valence-electron chi connectivity index (χ4n) is 3.26. The summed E-state index contributed by atoms with van der Waals surface area (Å²) < 4.78 is 99.0. The minimum Gasteiger partial charge on any atom is -0.478 e. The van der Waals surface area contributed by atoms with Crippen molar-refractivity contribution in [3.05, 3.63) is 52.7 Å². The molecule has 0 aliphatic carbocycles. The first-order chi connectivity index (χ1) is 17.4. The van der Waals surface area contributed by atoms with Crippen molar-refractivity contribution in [1.82, 2.24) is 15.2 Å². The third-order valence-corrected chi connectivity index (χ3v) is 7.16. The van der Waals surface area contributed by atoms with Gasteiger partial charge in [-0.15, -0.1) is 10.2 Å². The molecule has 0 aliphatic heterocycles. The van der Waals surface area contributed by atoms with Crippen molar-refractivity contribution in [2.24, 2.45) is 0 Å². The molecule has 16 heteroatoms. The summed E-state index contributed by atoms with van der Waals surface area (Å²) in [5.41, 5.74) is -2.61. The predicted molar refractivity (Wildman–Crippen MR) is 128 cm³/mol. The van der Waals surface area contributed by atoms with Crippen molar-refractivity contribution < 1.29 is 44.3 Å². The zero-order valence-corrected chi connectivity index (χ0v) is 22.2. The zero-order valence-electron chi connectivity index (χ0n) is 20.5. The Hall–Kier alpha value is -3.79. The summed E-state index contributed by atoms with van der Waals surface area (Å²) in [5, 5.41) is 8.62. The molecule has 0 saturated heterocycles. The summed E-state index contributed by atoms with van der Waals surface area (Å²) in [7, 11) is -6.24. The van der Waals surface area contributed by atoms with E-state index in [0.717, 1.165) is 38.7 Å². The van der Waals surface area contributed by atoms with E-state index in [0.29, 0.717) is 0 Å². The van der Waals surface area contributed by atoms with E-state index in [4.69, 9.17) is 9.47 Å². The van der Waals surface area contributed by atoms with Crippen LogP contribution in [0.2, 0.25) is 0 Å². The number of anilines is 1. The van der Waals surface area contributed by atoms with Gasteiger partial charge in [-0.05, 0) is 43.7 Å². The van der Waals surface area contributed by atoms with Gasteiger partial charge in [-0.1, -0.05) is 6.07 Å². The van der Waals surface area contributed by atoms with Crippen LogP contribution in [0.3, 0.4) is 0 Å². The van der Waals surface area contributed by atoms with E-state index in [1.807, 2.05) is 0 Å². The second kappa shape index (κ2) is 10.2. The molecule has 2 heterocycles. The van der Waals surface area contributed by atoms with Gasteiger partial charge in [0.25, 0.3) is 17.7 Å². The Morgan fingerprint density at radius 3 is 2.18 bits per heavy atom. The third-order valence-electron chi connectivity index (χ3n) is 5.08. The molecule has 38 heavy (non-hydrogen) atoms. The van der Waals surface area contributed by atoms with Crippen LogP contribution in [0.4, 0.5) is 18.9 Å². The average Bonchev–Trinajstić information content (AvgIpc) is 2.78. The Labute approximate surface area is 215 Å². The molecule has 3 aromatic rings. The number of ether oxygens (including phenoxy) is 2. The van der Waals surface area contributed by atoms with E-state index < -0.39 is 54.5 Å². The number of sulfone groups is 2. The number of methoxy groups -OCH3 is 1. The minimum atomic E-state index is -4.97. The smallest absolute Gasteiger partial charge is 0.435 e. The lowest BCUT2D eigenvalue weighted by molar-refractivity contribution is -0.142. The van der Waals surface area contributed by atoms with E-state index in [9.17, 15) is 34.8 Å². The number of nitrogens with one attached hydrogen (secondary N) is 1. The monoisotopic (exact) mass is 574 g/mol. The zero-order chi connectivity index (χ0) is 28.6. The van der Waals surface area contributed by atoms with Crippen LogP contribution in [0.5, 0.6) is 17.5 Å². The molecule has 3 rings (SSSR count). The molecule has 0 aliphatic rings. The maximum atomic E-state index is 13.6. The quantitative estimate of drug-likeness (QED) is 0.444. The van der Waals surface area contributed by atoms with Gasteiger partial charge in [-0.3, -0.25) is 4.79 Å². The van der Waals surface area contributed by atoms with Crippen LogP contribution in [0.25, 0.3) is 0 Å². The first-order valence-corrected chi connectivity index (χ1v) is 14.2. The normalized spacial score (nSPS) is 12.2. The number of pyridine rings is 1. The van der Waals surface area contributed by atoms with Crippen LogP contribution in [0.1, 0.15) is 27.2 Å². The van der Waals surface area contributed by atoms with Crippen LogP contribution in [-0.2, 0) is 25.9 Å². The fourth-order valence-corrected chi connectivity index (χ4v) is 4.56. The number of aryl methyl sites for hydroxylation is 1. The molecule has 0 atom stereocenters. The summed E-state index contributed by atoms with van der Waals surface area (Å²) >= 11 is 0. The Morgan fingerprint density at radius 1 is 0.974 bits per heavy atom. The molecule has 11 nitrogen and oxygen atoms in total. The molecule has 0 spiro atoms. The lowest BCUT2D eigenvalue weighted by Crippen LogP contribution is -2.21. The Morgan fingerprint density at radius 2 is 1.63 bits per heavy atom. The van der Waals surface area contributed by atoms with Gasteiger partial charge in [0.05, 0.1) is 12.0 Å². The first-order valence-electron chi connectivity index (χ1n) is 10.4. The number of aromatic nitrogens is 3. The van der Waals surface area contributed by atoms with E-state index in [-0.39, 0.29) is 32.8 Å². The number of carbonyl (C=O) groups excluding carboxylic acids is 1. The predicted octanol–water partition coefficient (Wildman–Crippen LogP) is 3.37. The topological polar surface area (TPSA) is 155 Å². The van der Waals surface area contributed by atoms with Gasteiger partial charge in [0.1, 0.15) is 5.56 Å². The van der Waals surface area contributed by atoms with Crippen molar-refractivity contribution in [3.8, 4) is 17.5 Å². The molecule has 2 aromatic heterocycles. The molecular formula is C22H21F3N4O7S2. The van der Waals surface area contributed by atoms with Crippen molar-refractivity contribution in [1.29, 1.82) is 0 Å². The van der Waals surface area contributed by atoms with Gasteiger partial charge in [-0.25, -0.2) is 16.8 Å². The lowest BCUT2D eigenvalue weighted by Gasteiger charge is -2.18. The van der Waals surface area contributed by atoms with Gasteiger partial charge >= 0.3 is 6.18 Å². The van der Waals surface area contributed by atoms with E-state index >= 15 is 0 Å². The summed E-state index contributed by atoms with van der Waals surface area (Å²) in [5.74, 6) is -2.33. The second-order valence-corrected chi connectivity index (χ2v) is 12.1. The SMILES string of the molecule is COc1nc(S(C)(=O)=O)cc(C)c1Oc1nnc(C(F)(F)F)c(C)c1C(=O)Nc1cccc(S(C)(=O)=O)c1. The molecule has 1 amide bonds. The highest BCUT2D eigenvalue weighted by atomic mass is 32.2. The van der Waals surface area contributed by atoms with E-state index in [2.05, 4.69) is 20.5 Å². The van der Waals surface area contributed by atoms with Gasteiger partial charge < -0.3 is 14.8 Å². The first kappa shape index (κ1) is 28.8. The highest BCUT2D eigenvalue weighted by Gasteiger charge is 2.38. The molecule has 204 valence electrons. The van der Waals surface area contributed by atoms with Crippen LogP contribution in [0.15, 0.2) is 40.3 Å². The van der Waals surface area contributed by atoms with Crippen molar-refractivity contribution in [2.45, 2.75) is 29.9 Å². The van der Waals surface area contributed by atoms with Crippen LogP contribution in [-0.4, -0.2) is 57.5 Å². The fraction of sp³-hybridized carbons (Fsp3) is 0.273. The highest BCUT2D eigenvalue weighted by Crippen LogP contribution is 2.38. The van der Waals surface area contributed by atoms with E-state index in [1.165, 1.54) is 25.1 Å². The Bertz CT molecular complexity index is 1640. The molecule has 0 radical (unpaired) electrons. The summed E-state index contributed by atoms with van der Waals surface area (Å²) in [6.45, 7) is 2.41. The molecule has 0 fully saturated rings. The van der Waals surface area contributed by atoms with Crippen LogP contribution >= 0.6 is 0 Å². The maximum Gasteiger partial charge on any atom is 0.435 e. The largest absolute Gasteiger partial charge is 0.478 e. The van der Waals surface area contributed by atoms with Crippen LogP contribution < -0.4 is 14.8 Å². The molecule has 0 unspecified atom stereocenters. The minimum absolute atomic E-state index is 0.0263. The number of hydrogen-bond acceptors (Lipinski definition) is 10. The Balaban J connectivity index is 2.16. The summed E-state index contributed by atoms with van der Waals surface area (Å²) in [4.78, 5) is 16.9. The number of alkyl halides is 3. The van der Waals surface area contributed by atoms with E-state index in [1.54, 1.807) is 0 Å². The number of carbonyl (C=O) groups is 1. The van der Waals surface area contributed by atoms with Crippen molar-refractivity contribution >= 4 is 31.3 Å². The number of hydrogen-bond donors (Lipinski definition) is 1. The van der Waals surface area contributed by atoms with Gasteiger partial charge in [0, 0.05) is 23.8 Å². The van der Waals surface area contributed by atoms with Gasteiger partial charge in [0.2, 0.25) is 0 Å².